The fourth-order valence-corrected chi connectivity index (χ4v) is 1.45. The molecule has 2 unspecified atom stereocenters. The summed E-state index contributed by atoms with van der Waals surface area (Å²) in [6.45, 7) is 2.04. The van der Waals surface area contributed by atoms with Gasteiger partial charge < -0.3 is 4.74 Å². The standard InChI is InChI=1S/C8H11NO/c1-8(4-6-2-3-6)7(5-9)10-8/h6-7H,2-4H2,1H3. The van der Waals surface area contributed by atoms with Crippen LogP contribution in [0.15, 0.2) is 0 Å². The van der Waals surface area contributed by atoms with E-state index >= 15 is 0 Å². The van der Waals surface area contributed by atoms with Gasteiger partial charge in [0.25, 0.3) is 0 Å². The number of nitrogens with zero attached hydrogens (tertiary/aromatic N) is 1. The third kappa shape index (κ3) is 0.911. The van der Waals surface area contributed by atoms with Crippen molar-refractivity contribution >= 4 is 0 Å². The molecule has 1 aliphatic heterocycles. The molecule has 0 N–H and O–H groups in total. The number of epoxide rings is 1. The van der Waals surface area contributed by atoms with Gasteiger partial charge in [0.2, 0.25) is 0 Å². The zero-order valence-electron chi connectivity index (χ0n) is 6.13. The Bertz CT molecular complexity index is 192. The molecule has 1 saturated carbocycles. The molecule has 54 valence electrons. The van der Waals surface area contributed by atoms with Crippen LogP contribution in [0.4, 0.5) is 0 Å². The summed E-state index contributed by atoms with van der Waals surface area (Å²) in [6, 6.07) is 2.14. The summed E-state index contributed by atoms with van der Waals surface area (Å²) in [6.07, 6.45) is 3.69. The monoisotopic (exact) mass is 137 g/mol. The van der Waals surface area contributed by atoms with Gasteiger partial charge in [-0.25, -0.2) is 0 Å². The minimum atomic E-state index is -0.104. The molecule has 0 aromatic carbocycles. The molecule has 1 heterocycles. The number of hydrogen-bond acceptors (Lipinski definition) is 2. The van der Waals surface area contributed by atoms with Gasteiger partial charge in [0, 0.05) is 0 Å². The van der Waals surface area contributed by atoms with Crippen LogP contribution in [0, 0.1) is 17.2 Å². The van der Waals surface area contributed by atoms with Gasteiger partial charge >= 0.3 is 0 Å². The molecule has 0 amide bonds. The molecule has 0 spiro atoms. The summed E-state index contributed by atoms with van der Waals surface area (Å²) in [4.78, 5) is 0. The predicted octanol–water partition coefficient (Wildman–Crippen LogP) is 1.47. The number of rotatable bonds is 2. The molecule has 2 fully saturated rings. The second-order valence-electron chi connectivity index (χ2n) is 3.59. The lowest BCUT2D eigenvalue weighted by Gasteiger charge is -1.99. The van der Waals surface area contributed by atoms with Gasteiger partial charge in [-0.05, 0) is 19.3 Å². The Hall–Kier alpha value is -0.550. The zero-order valence-corrected chi connectivity index (χ0v) is 6.13. The molecular formula is C8H11NO. The smallest absolute Gasteiger partial charge is 0.173 e. The Balaban J connectivity index is 1.88. The topological polar surface area (TPSA) is 36.3 Å². The summed E-state index contributed by atoms with van der Waals surface area (Å²) in [7, 11) is 0. The van der Waals surface area contributed by atoms with E-state index < -0.39 is 0 Å². The van der Waals surface area contributed by atoms with E-state index in [9.17, 15) is 0 Å². The van der Waals surface area contributed by atoms with E-state index in [-0.39, 0.29) is 11.7 Å². The first kappa shape index (κ1) is 6.18. The second-order valence-corrected chi connectivity index (χ2v) is 3.59. The maximum Gasteiger partial charge on any atom is 0.173 e. The van der Waals surface area contributed by atoms with Crippen LogP contribution in [0.1, 0.15) is 26.2 Å². The van der Waals surface area contributed by atoms with Gasteiger partial charge in [0.1, 0.15) is 5.60 Å². The highest BCUT2D eigenvalue weighted by molar-refractivity contribution is 5.12. The van der Waals surface area contributed by atoms with Gasteiger partial charge in [0.15, 0.2) is 6.10 Å². The SMILES string of the molecule is CC1(CC2CC2)OC1C#N. The van der Waals surface area contributed by atoms with Crippen LogP contribution in [-0.2, 0) is 4.74 Å². The maximum atomic E-state index is 8.50. The van der Waals surface area contributed by atoms with Crippen molar-refractivity contribution in [2.75, 3.05) is 0 Å². The van der Waals surface area contributed by atoms with Crippen LogP contribution in [-0.4, -0.2) is 11.7 Å². The second kappa shape index (κ2) is 1.73. The van der Waals surface area contributed by atoms with E-state index in [1.807, 2.05) is 6.92 Å². The molecule has 2 atom stereocenters. The van der Waals surface area contributed by atoms with Gasteiger partial charge in [-0.2, -0.15) is 5.26 Å². The fraction of sp³-hybridized carbons (Fsp3) is 0.875. The van der Waals surface area contributed by atoms with Crippen LogP contribution in [0.2, 0.25) is 0 Å². The largest absolute Gasteiger partial charge is 0.350 e. The Morgan fingerprint density at radius 2 is 2.40 bits per heavy atom. The predicted molar refractivity (Wildman–Crippen MR) is 36.2 cm³/mol. The van der Waals surface area contributed by atoms with Crippen molar-refractivity contribution in [3.63, 3.8) is 0 Å². The van der Waals surface area contributed by atoms with E-state index in [1.165, 1.54) is 12.8 Å². The zero-order chi connectivity index (χ0) is 7.19. The lowest BCUT2D eigenvalue weighted by Crippen LogP contribution is -2.09. The van der Waals surface area contributed by atoms with Crippen LogP contribution >= 0.6 is 0 Å². The Morgan fingerprint density at radius 1 is 1.70 bits per heavy atom. The molecule has 2 aliphatic rings. The minimum Gasteiger partial charge on any atom is -0.350 e. The van der Waals surface area contributed by atoms with Crippen LogP contribution in [0.5, 0.6) is 0 Å². The van der Waals surface area contributed by atoms with Crippen molar-refractivity contribution in [2.45, 2.75) is 37.9 Å². The summed E-state index contributed by atoms with van der Waals surface area (Å²) in [5.74, 6) is 0.864. The fourth-order valence-electron chi connectivity index (χ4n) is 1.45. The van der Waals surface area contributed by atoms with E-state index in [2.05, 4.69) is 6.07 Å². The van der Waals surface area contributed by atoms with Crippen molar-refractivity contribution in [1.82, 2.24) is 0 Å². The number of nitriles is 1. The molecule has 1 saturated heterocycles. The third-order valence-corrected chi connectivity index (χ3v) is 2.39. The summed E-state index contributed by atoms with van der Waals surface area (Å²) in [5, 5.41) is 8.50. The summed E-state index contributed by atoms with van der Waals surface area (Å²) < 4.78 is 5.24. The number of hydrogen-bond donors (Lipinski definition) is 0. The quantitative estimate of drug-likeness (QED) is 0.540. The lowest BCUT2D eigenvalue weighted by molar-refractivity contribution is 0.294. The van der Waals surface area contributed by atoms with Crippen LogP contribution in [0.3, 0.4) is 0 Å². The van der Waals surface area contributed by atoms with Crippen molar-refractivity contribution in [2.24, 2.45) is 5.92 Å². The third-order valence-electron chi connectivity index (χ3n) is 2.39. The first-order valence-electron chi connectivity index (χ1n) is 3.82. The van der Waals surface area contributed by atoms with Gasteiger partial charge in [-0.1, -0.05) is 12.8 Å². The molecule has 0 radical (unpaired) electrons. The first-order valence-corrected chi connectivity index (χ1v) is 3.82. The summed E-state index contributed by atoms with van der Waals surface area (Å²) >= 11 is 0. The van der Waals surface area contributed by atoms with Gasteiger partial charge in [0.05, 0.1) is 6.07 Å². The molecule has 10 heavy (non-hydrogen) atoms. The van der Waals surface area contributed by atoms with Crippen molar-refractivity contribution in [3.8, 4) is 6.07 Å². The van der Waals surface area contributed by atoms with Crippen molar-refractivity contribution in [1.29, 1.82) is 5.26 Å². The highest BCUT2D eigenvalue weighted by Crippen LogP contribution is 2.47. The van der Waals surface area contributed by atoms with Crippen LogP contribution in [0.25, 0.3) is 0 Å². The normalized spacial score (nSPS) is 44.6. The first-order chi connectivity index (χ1) is 4.74. The average molecular weight is 137 g/mol. The Morgan fingerprint density at radius 3 is 2.80 bits per heavy atom. The molecule has 2 rings (SSSR count). The molecule has 0 aromatic heterocycles. The Kier molecular flexibility index (Phi) is 1.07. The highest BCUT2D eigenvalue weighted by Gasteiger charge is 2.54. The van der Waals surface area contributed by atoms with Crippen molar-refractivity contribution in [3.05, 3.63) is 0 Å². The molecule has 2 nitrogen and oxygen atoms in total. The van der Waals surface area contributed by atoms with Gasteiger partial charge in [-0.3, -0.25) is 0 Å². The van der Waals surface area contributed by atoms with Crippen molar-refractivity contribution < 1.29 is 4.74 Å². The maximum absolute atomic E-state index is 8.50. The van der Waals surface area contributed by atoms with E-state index in [1.54, 1.807) is 0 Å². The molecule has 2 heteroatoms. The summed E-state index contributed by atoms with van der Waals surface area (Å²) in [5.41, 5.74) is -0.0596. The lowest BCUT2D eigenvalue weighted by atomic mass is 10.0. The Labute approximate surface area is 60.8 Å². The van der Waals surface area contributed by atoms with Crippen LogP contribution < -0.4 is 0 Å². The van der Waals surface area contributed by atoms with E-state index in [4.69, 9.17) is 10.00 Å². The molecule has 1 aliphatic carbocycles. The number of ether oxygens (including phenoxy) is 1. The van der Waals surface area contributed by atoms with E-state index in [0.717, 1.165) is 12.3 Å². The van der Waals surface area contributed by atoms with E-state index in [0.29, 0.717) is 0 Å². The molecule has 0 aromatic rings. The highest BCUT2D eigenvalue weighted by atomic mass is 16.6. The average Bonchev–Trinajstić information content (AvgIpc) is 2.73. The molecular weight excluding hydrogens is 126 g/mol. The minimum absolute atomic E-state index is 0.0596. The van der Waals surface area contributed by atoms with Gasteiger partial charge in [-0.15, -0.1) is 0 Å². The molecule has 0 bridgehead atoms.